The van der Waals surface area contributed by atoms with Gasteiger partial charge in [-0.2, -0.15) is 0 Å². The monoisotopic (exact) mass is 354 g/mol. The van der Waals surface area contributed by atoms with Gasteiger partial charge in [0.05, 0.1) is 11.6 Å². The van der Waals surface area contributed by atoms with E-state index in [9.17, 15) is 0 Å². The smallest absolute Gasteiger partial charge is 0.133 e. The van der Waals surface area contributed by atoms with E-state index in [4.69, 9.17) is 4.74 Å². The third kappa shape index (κ3) is 4.13. The molecular formula is C17H27BrN2O. The first-order chi connectivity index (χ1) is 10.0. The highest BCUT2D eigenvalue weighted by Gasteiger charge is 2.27. The summed E-state index contributed by atoms with van der Waals surface area (Å²) in [4.78, 5) is 2.55. The SMILES string of the molecule is CCC1CNC(CC(C)C)CN1c1ccc(OC)c(Br)c1. The van der Waals surface area contributed by atoms with Crippen molar-refractivity contribution in [1.29, 1.82) is 0 Å². The fourth-order valence-corrected chi connectivity index (χ4v) is 3.63. The second kappa shape index (κ2) is 7.50. The molecule has 0 saturated carbocycles. The van der Waals surface area contributed by atoms with Crippen molar-refractivity contribution in [3.8, 4) is 5.75 Å². The molecular weight excluding hydrogens is 328 g/mol. The van der Waals surface area contributed by atoms with Gasteiger partial charge < -0.3 is 15.0 Å². The van der Waals surface area contributed by atoms with Gasteiger partial charge in [0.2, 0.25) is 0 Å². The van der Waals surface area contributed by atoms with Crippen molar-refractivity contribution < 1.29 is 4.74 Å². The molecule has 1 saturated heterocycles. The number of halogens is 1. The lowest BCUT2D eigenvalue weighted by atomic mass is 9.98. The van der Waals surface area contributed by atoms with E-state index in [-0.39, 0.29) is 0 Å². The molecule has 0 aliphatic carbocycles. The van der Waals surface area contributed by atoms with E-state index in [1.165, 1.54) is 12.1 Å². The number of benzene rings is 1. The molecule has 2 atom stereocenters. The number of anilines is 1. The first-order valence-electron chi connectivity index (χ1n) is 7.88. The Bertz CT molecular complexity index is 464. The Morgan fingerprint density at radius 2 is 2.19 bits per heavy atom. The van der Waals surface area contributed by atoms with Gasteiger partial charge in [0, 0.05) is 30.9 Å². The average Bonchev–Trinajstić information content (AvgIpc) is 2.46. The summed E-state index contributed by atoms with van der Waals surface area (Å²) >= 11 is 3.60. The van der Waals surface area contributed by atoms with Gasteiger partial charge >= 0.3 is 0 Å². The topological polar surface area (TPSA) is 24.5 Å². The van der Waals surface area contributed by atoms with Gasteiger partial charge in [-0.3, -0.25) is 0 Å². The van der Waals surface area contributed by atoms with Crippen LogP contribution in [-0.2, 0) is 0 Å². The highest BCUT2D eigenvalue weighted by atomic mass is 79.9. The van der Waals surface area contributed by atoms with E-state index in [2.05, 4.69) is 59.1 Å². The van der Waals surface area contributed by atoms with Crippen molar-refractivity contribution in [3.05, 3.63) is 22.7 Å². The number of nitrogens with one attached hydrogen (secondary N) is 1. The van der Waals surface area contributed by atoms with Crippen LogP contribution in [-0.4, -0.2) is 32.3 Å². The highest BCUT2D eigenvalue weighted by molar-refractivity contribution is 9.10. The van der Waals surface area contributed by atoms with Gasteiger partial charge in [-0.15, -0.1) is 0 Å². The number of piperazine rings is 1. The fourth-order valence-electron chi connectivity index (χ4n) is 3.11. The lowest BCUT2D eigenvalue weighted by Crippen LogP contribution is -2.56. The largest absolute Gasteiger partial charge is 0.496 e. The summed E-state index contributed by atoms with van der Waals surface area (Å²) in [6, 6.07) is 7.54. The standard InChI is InChI=1S/C17H27BrN2O/c1-5-14-10-19-13(8-12(2)3)11-20(14)15-6-7-17(21-4)16(18)9-15/h6-7,9,12-14,19H,5,8,10-11H2,1-4H3. The van der Waals surface area contributed by atoms with Crippen LogP contribution in [0, 0.1) is 5.92 Å². The minimum Gasteiger partial charge on any atom is -0.496 e. The molecule has 1 aliphatic heterocycles. The summed E-state index contributed by atoms with van der Waals surface area (Å²) in [6.07, 6.45) is 2.38. The van der Waals surface area contributed by atoms with E-state index in [1.54, 1.807) is 7.11 Å². The van der Waals surface area contributed by atoms with Gasteiger partial charge in [-0.1, -0.05) is 20.8 Å². The maximum atomic E-state index is 5.34. The second-order valence-corrected chi connectivity index (χ2v) is 7.12. The van der Waals surface area contributed by atoms with Crippen LogP contribution < -0.4 is 15.0 Å². The van der Waals surface area contributed by atoms with Crippen molar-refractivity contribution in [3.63, 3.8) is 0 Å². The molecule has 21 heavy (non-hydrogen) atoms. The first kappa shape index (κ1) is 16.6. The molecule has 0 radical (unpaired) electrons. The summed E-state index contributed by atoms with van der Waals surface area (Å²) in [5.41, 5.74) is 1.28. The van der Waals surface area contributed by atoms with Crippen molar-refractivity contribution in [2.24, 2.45) is 5.92 Å². The molecule has 1 N–H and O–H groups in total. The zero-order valence-electron chi connectivity index (χ0n) is 13.5. The van der Waals surface area contributed by atoms with E-state index in [1.807, 2.05) is 6.07 Å². The number of hydrogen-bond acceptors (Lipinski definition) is 3. The van der Waals surface area contributed by atoms with Gasteiger partial charge in [-0.25, -0.2) is 0 Å². The maximum absolute atomic E-state index is 5.34. The highest BCUT2D eigenvalue weighted by Crippen LogP contribution is 2.31. The molecule has 1 aromatic rings. The quantitative estimate of drug-likeness (QED) is 0.862. The van der Waals surface area contributed by atoms with Gasteiger partial charge in [0.25, 0.3) is 0 Å². The number of rotatable bonds is 5. The molecule has 118 valence electrons. The number of methoxy groups -OCH3 is 1. The Kier molecular flexibility index (Phi) is 5.94. The van der Waals surface area contributed by atoms with Crippen LogP contribution in [0.1, 0.15) is 33.6 Å². The Morgan fingerprint density at radius 3 is 2.76 bits per heavy atom. The van der Waals surface area contributed by atoms with Crippen LogP contribution in [0.3, 0.4) is 0 Å². The van der Waals surface area contributed by atoms with Crippen LogP contribution >= 0.6 is 15.9 Å². The van der Waals surface area contributed by atoms with Gasteiger partial charge in [0.15, 0.2) is 0 Å². The van der Waals surface area contributed by atoms with Crippen molar-refractivity contribution >= 4 is 21.6 Å². The summed E-state index contributed by atoms with van der Waals surface area (Å²) in [5, 5.41) is 3.71. The summed E-state index contributed by atoms with van der Waals surface area (Å²) < 4.78 is 6.36. The molecule has 0 amide bonds. The van der Waals surface area contributed by atoms with E-state index < -0.39 is 0 Å². The van der Waals surface area contributed by atoms with E-state index in [0.717, 1.165) is 35.7 Å². The van der Waals surface area contributed by atoms with Crippen molar-refractivity contribution in [1.82, 2.24) is 5.32 Å². The Morgan fingerprint density at radius 1 is 1.43 bits per heavy atom. The number of ether oxygens (including phenoxy) is 1. The first-order valence-corrected chi connectivity index (χ1v) is 8.68. The van der Waals surface area contributed by atoms with Crippen LogP contribution in [0.4, 0.5) is 5.69 Å². The van der Waals surface area contributed by atoms with Crippen LogP contribution in [0.25, 0.3) is 0 Å². The molecule has 1 aliphatic rings. The van der Waals surface area contributed by atoms with Crippen LogP contribution in [0.15, 0.2) is 22.7 Å². The molecule has 1 aromatic carbocycles. The Hall–Kier alpha value is -0.740. The van der Waals surface area contributed by atoms with E-state index in [0.29, 0.717) is 12.1 Å². The molecule has 0 bridgehead atoms. The van der Waals surface area contributed by atoms with Crippen molar-refractivity contribution in [2.45, 2.75) is 45.7 Å². The van der Waals surface area contributed by atoms with E-state index >= 15 is 0 Å². The van der Waals surface area contributed by atoms with Crippen molar-refractivity contribution in [2.75, 3.05) is 25.1 Å². The summed E-state index contributed by atoms with van der Waals surface area (Å²) in [7, 11) is 1.71. The second-order valence-electron chi connectivity index (χ2n) is 6.27. The minimum atomic E-state index is 0.564. The zero-order chi connectivity index (χ0) is 15.4. The molecule has 0 spiro atoms. The zero-order valence-corrected chi connectivity index (χ0v) is 15.1. The number of hydrogen-bond donors (Lipinski definition) is 1. The summed E-state index contributed by atoms with van der Waals surface area (Å²) in [5.74, 6) is 1.62. The normalized spacial score (nSPS) is 22.7. The van der Waals surface area contributed by atoms with Gasteiger partial charge in [-0.05, 0) is 52.9 Å². The van der Waals surface area contributed by atoms with Crippen LogP contribution in [0.5, 0.6) is 5.75 Å². The third-order valence-electron chi connectivity index (χ3n) is 4.19. The van der Waals surface area contributed by atoms with Gasteiger partial charge in [0.1, 0.15) is 5.75 Å². The van der Waals surface area contributed by atoms with Crippen LogP contribution in [0.2, 0.25) is 0 Å². The molecule has 3 nitrogen and oxygen atoms in total. The number of nitrogens with zero attached hydrogens (tertiary/aromatic N) is 1. The molecule has 1 fully saturated rings. The fraction of sp³-hybridized carbons (Fsp3) is 0.647. The predicted molar refractivity (Wildman–Crippen MR) is 93.4 cm³/mol. The summed E-state index contributed by atoms with van der Waals surface area (Å²) in [6.45, 7) is 9.00. The average molecular weight is 355 g/mol. The minimum absolute atomic E-state index is 0.564. The molecule has 2 rings (SSSR count). The molecule has 4 heteroatoms. The lowest BCUT2D eigenvalue weighted by molar-refractivity contribution is 0.343. The maximum Gasteiger partial charge on any atom is 0.133 e. The molecule has 2 unspecified atom stereocenters. The predicted octanol–water partition coefficient (Wildman–Crippen LogP) is 4.06. The Labute approximate surface area is 137 Å². The Balaban J connectivity index is 2.18. The molecule has 0 aromatic heterocycles. The lowest BCUT2D eigenvalue weighted by Gasteiger charge is -2.42. The molecule has 1 heterocycles. The third-order valence-corrected chi connectivity index (χ3v) is 4.81.